The molecule has 1 amide bonds. The van der Waals surface area contributed by atoms with E-state index < -0.39 is 0 Å². The minimum Gasteiger partial charge on any atom is -0.380 e. The highest BCUT2D eigenvalue weighted by Gasteiger charge is 2.23. The van der Waals surface area contributed by atoms with Crippen molar-refractivity contribution < 1.29 is 14.3 Å². The molecular formula is C24H34N6O3S. The third-order valence-electron chi connectivity index (χ3n) is 5.65. The number of thiazole rings is 1. The molecule has 34 heavy (non-hydrogen) atoms. The van der Waals surface area contributed by atoms with Crippen molar-refractivity contribution in [2.24, 2.45) is 0 Å². The van der Waals surface area contributed by atoms with Gasteiger partial charge in [-0.2, -0.15) is 5.26 Å². The van der Waals surface area contributed by atoms with E-state index >= 15 is 0 Å². The van der Waals surface area contributed by atoms with Crippen molar-refractivity contribution in [3.05, 3.63) is 35.0 Å². The van der Waals surface area contributed by atoms with E-state index in [9.17, 15) is 4.79 Å². The number of aromatic nitrogens is 2. The normalized spacial score (nSPS) is 16.2. The van der Waals surface area contributed by atoms with Crippen LogP contribution in [0.5, 0.6) is 0 Å². The summed E-state index contributed by atoms with van der Waals surface area (Å²) >= 11 is 1.38. The molecule has 184 valence electrons. The van der Waals surface area contributed by atoms with E-state index in [1.807, 2.05) is 32.0 Å². The predicted molar refractivity (Wildman–Crippen MR) is 133 cm³/mol. The number of anilines is 2. The second-order valence-electron chi connectivity index (χ2n) is 8.03. The number of hydrogen-bond donors (Lipinski definition) is 1. The van der Waals surface area contributed by atoms with Gasteiger partial charge in [-0.15, -0.1) is 11.3 Å². The lowest BCUT2D eigenvalue weighted by atomic mass is 9.94. The number of pyridine rings is 1. The lowest BCUT2D eigenvalue weighted by Gasteiger charge is -2.30. The van der Waals surface area contributed by atoms with E-state index in [1.165, 1.54) is 11.3 Å². The number of carbonyl (C=O) groups is 1. The Kier molecular flexibility index (Phi) is 10.7. The number of carbonyl (C=O) groups excluding carboxylic acids is 1. The van der Waals surface area contributed by atoms with Gasteiger partial charge in [0, 0.05) is 49.8 Å². The van der Waals surface area contributed by atoms with E-state index in [0.717, 1.165) is 31.6 Å². The van der Waals surface area contributed by atoms with Crippen molar-refractivity contribution in [1.29, 1.82) is 5.26 Å². The molecule has 2 aromatic rings. The number of likely N-dealkylation sites (tertiary alicyclic amines) is 1. The minimum atomic E-state index is -0.134. The second kappa shape index (κ2) is 14.0. The van der Waals surface area contributed by atoms with Gasteiger partial charge in [0.2, 0.25) is 0 Å². The zero-order valence-electron chi connectivity index (χ0n) is 20.0. The van der Waals surface area contributed by atoms with Gasteiger partial charge in [0.15, 0.2) is 5.13 Å². The summed E-state index contributed by atoms with van der Waals surface area (Å²) < 4.78 is 10.9. The summed E-state index contributed by atoms with van der Waals surface area (Å²) in [6.45, 7) is 9.31. The van der Waals surface area contributed by atoms with Gasteiger partial charge in [-0.25, -0.2) is 9.97 Å². The van der Waals surface area contributed by atoms with E-state index in [4.69, 9.17) is 19.7 Å². The highest BCUT2D eigenvalue weighted by molar-refractivity contribution is 7.14. The zero-order valence-corrected chi connectivity index (χ0v) is 20.9. The number of nitrogens with zero attached hydrogens (tertiary/aromatic N) is 5. The molecule has 0 radical (unpaired) electrons. The van der Waals surface area contributed by atoms with Crippen LogP contribution < -0.4 is 5.32 Å². The van der Waals surface area contributed by atoms with Crippen molar-refractivity contribution >= 4 is 28.2 Å². The second-order valence-corrected chi connectivity index (χ2v) is 8.89. The van der Waals surface area contributed by atoms with Crippen LogP contribution in [0.25, 0.3) is 0 Å². The molecule has 0 spiro atoms. The Hall–Kier alpha value is -2.58. The number of hydrogen-bond acceptors (Lipinski definition) is 9. The van der Waals surface area contributed by atoms with E-state index in [1.54, 1.807) is 10.3 Å². The van der Waals surface area contributed by atoms with Gasteiger partial charge in [0.05, 0.1) is 25.8 Å². The molecule has 9 nitrogen and oxygen atoms in total. The van der Waals surface area contributed by atoms with Gasteiger partial charge >= 0.3 is 0 Å². The molecular weight excluding hydrogens is 452 g/mol. The van der Waals surface area contributed by atoms with Gasteiger partial charge in [-0.3, -0.25) is 9.69 Å². The van der Waals surface area contributed by atoms with Gasteiger partial charge in [-0.1, -0.05) is 6.07 Å². The predicted octanol–water partition coefficient (Wildman–Crippen LogP) is 3.50. The molecule has 1 aliphatic rings. The molecule has 0 unspecified atom stereocenters. The summed E-state index contributed by atoms with van der Waals surface area (Å²) in [5.74, 6) is 0.875. The number of piperidine rings is 1. The number of ether oxygens (including phenoxy) is 2. The Morgan fingerprint density at radius 1 is 1.26 bits per heavy atom. The average molecular weight is 487 g/mol. The molecule has 1 N–H and O–H groups in total. The first-order valence-corrected chi connectivity index (χ1v) is 12.8. The summed E-state index contributed by atoms with van der Waals surface area (Å²) in [5, 5.41) is 14.6. The molecule has 3 heterocycles. The lowest BCUT2D eigenvalue weighted by Crippen LogP contribution is -2.37. The first-order valence-electron chi connectivity index (χ1n) is 11.9. The summed E-state index contributed by atoms with van der Waals surface area (Å²) in [5.41, 5.74) is 1.41. The van der Waals surface area contributed by atoms with Gasteiger partial charge < -0.3 is 19.7 Å². The van der Waals surface area contributed by atoms with Crippen LogP contribution in [0.3, 0.4) is 0 Å². The molecule has 0 aromatic carbocycles. The van der Waals surface area contributed by atoms with E-state index in [-0.39, 0.29) is 5.91 Å². The van der Waals surface area contributed by atoms with Crippen molar-refractivity contribution in [2.45, 2.75) is 32.6 Å². The largest absolute Gasteiger partial charge is 0.380 e. The quantitative estimate of drug-likeness (QED) is 0.339. The summed E-state index contributed by atoms with van der Waals surface area (Å²) in [6, 6.07) is 8.17. The number of rotatable bonds is 13. The third-order valence-corrected chi connectivity index (χ3v) is 6.41. The number of nitriles is 1. The molecule has 2 aromatic heterocycles. The van der Waals surface area contributed by atoms with Gasteiger partial charge in [-0.05, 0) is 45.4 Å². The molecule has 0 aliphatic carbocycles. The topological polar surface area (TPSA) is 104 Å². The van der Waals surface area contributed by atoms with Crippen LogP contribution in [0, 0.1) is 11.3 Å². The molecule has 3 rings (SSSR count). The summed E-state index contributed by atoms with van der Waals surface area (Å²) in [6.07, 6.45) is 2.13. The molecule has 1 aliphatic heterocycles. The van der Waals surface area contributed by atoms with Crippen LogP contribution >= 0.6 is 11.3 Å². The van der Waals surface area contributed by atoms with Crippen LogP contribution in [0.2, 0.25) is 0 Å². The maximum Gasteiger partial charge on any atom is 0.273 e. The van der Waals surface area contributed by atoms with Crippen LogP contribution in [-0.4, -0.2) is 84.8 Å². The number of amides is 1. The Balaban J connectivity index is 1.63. The Bertz CT molecular complexity index is 937. The maximum atomic E-state index is 13.0. The van der Waals surface area contributed by atoms with E-state index in [2.05, 4.69) is 21.3 Å². The third kappa shape index (κ3) is 7.74. The minimum absolute atomic E-state index is 0.134. The highest BCUT2D eigenvalue weighted by Crippen LogP contribution is 2.27. The highest BCUT2D eigenvalue weighted by atomic mass is 32.1. The van der Waals surface area contributed by atoms with Crippen LogP contribution in [0.15, 0.2) is 23.6 Å². The van der Waals surface area contributed by atoms with Crippen molar-refractivity contribution in [3.8, 4) is 6.07 Å². The average Bonchev–Trinajstić information content (AvgIpc) is 3.32. The molecule has 0 bridgehead atoms. The molecule has 1 atom stereocenters. The SMILES string of the molecule is CCOCCN(CCOCC)C(=O)c1csc(Nc2cccc([C@@H]3CCCN(CC#N)C3)n2)n1. The monoisotopic (exact) mass is 486 g/mol. The number of nitrogens with one attached hydrogen (secondary N) is 1. The van der Waals surface area contributed by atoms with Crippen molar-refractivity contribution in [3.63, 3.8) is 0 Å². The van der Waals surface area contributed by atoms with Crippen molar-refractivity contribution in [2.75, 3.05) is 64.5 Å². The fraction of sp³-hybridized carbons (Fsp3) is 0.583. The van der Waals surface area contributed by atoms with Crippen molar-refractivity contribution in [1.82, 2.24) is 19.8 Å². The van der Waals surface area contributed by atoms with Gasteiger partial charge in [0.25, 0.3) is 5.91 Å². The van der Waals surface area contributed by atoms with Gasteiger partial charge in [0.1, 0.15) is 11.5 Å². The lowest BCUT2D eigenvalue weighted by molar-refractivity contribution is 0.0546. The fourth-order valence-corrected chi connectivity index (χ4v) is 4.63. The Labute approximate surface area is 205 Å². The molecule has 1 fully saturated rings. The van der Waals surface area contributed by atoms with Crippen LogP contribution in [0.1, 0.15) is 48.8 Å². The Morgan fingerprint density at radius 3 is 2.74 bits per heavy atom. The first-order chi connectivity index (χ1) is 16.6. The van der Waals surface area contributed by atoms with Crippen LogP contribution in [-0.2, 0) is 9.47 Å². The molecule has 0 saturated carbocycles. The zero-order chi connectivity index (χ0) is 24.2. The standard InChI is InChI=1S/C24H34N6O3S/c1-3-32-15-13-30(14-16-33-4-2)23(31)21-18-34-24(27-21)28-22-9-5-8-20(26-22)19-7-6-11-29(17-19)12-10-25/h5,8-9,18-19H,3-4,6-7,11-17H2,1-2H3,(H,26,27,28)/t19-/m1/s1. The summed E-state index contributed by atoms with van der Waals surface area (Å²) in [7, 11) is 0. The maximum absolute atomic E-state index is 13.0. The first kappa shape index (κ1) is 26.0. The fourth-order valence-electron chi connectivity index (χ4n) is 3.94. The molecule has 10 heteroatoms. The van der Waals surface area contributed by atoms with E-state index in [0.29, 0.717) is 68.6 Å². The van der Waals surface area contributed by atoms with Crippen LogP contribution in [0.4, 0.5) is 10.9 Å². The Morgan fingerprint density at radius 2 is 2.03 bits per heavy atom. The molecule has 1 saturated heterocycles. The smallest absolute Gasteiger partial charge is 0.273 e. The summed E-state index contributed by atoms with van der Waals surface area (Å²) in [4.78, 5) is 26.2.